The van der Waals surface area contributed by atoms with Crippen molar-refractivity contribution in [1.82, 2.24) is 10.3 Å². The Morgan fingerprint density at radius 1 is 1.33 bits per heavy atom. The molecule has 0 spiro atoms. The summed E-state index contributed by atoms with van der Waals surface area (Å²) in [4.78, 5) is 5.69. The molecule has 114 valence electrons. The van der Waals surface area contributed by atoms with Gasteiger partial charge in [0.1, 0.15) is 17.4 Å². The number of thiazole rings is 1. The third-order valence-corrected chi connectivity index (χ3v) is 4.26. The minimum absolute atomic E-state index is 0.459. The van der Waals surface area contributed by atoms with Gasteiger partial charge in [0.15, 0.2) is 0 Å². The minimum atomic E-state index is 0.459. The molecule has 0 aliphatic rings. The van der Waals surface area contributed by atoms with Crippen LogP contribution in [0.4, 0.5) is 0 Å². The standard InChI is InChI=1S/C17H24N2OS/c1-5-18-9-14-10-19-17(21-14)11-20-16-8-13(4)6-7-15(16)12(2)3/h6-8,10,12,18H,5,9,11H2,1-4H3. The highest BCUT2D eigenvalue weighted by atomic mass is 32.1. The molecule has 0 bridgehead atoms. The van der Waals surface area contributed by atoms with Crippen molar-refractivity contribution in [2.24, 2.45) is 0 Å². The van der Waals surface area contributed by atoms with Crippen LogP contribution < -0.4 is 10.1 Å². The van der Waals surface area contributed by atoms with Gasteiger partial charge in [-0.05, 0) is 36.6 Å². The monoisotopic (exact) mass is 304 g/mol. The van der Waals surface area contributed by atoms with E-state index in [4.69, 9.17) is 4.74 Å². The van der Waals surface area contributed by atoms with Gasteiger partial charge in [-0.25, -0.2) is 4.98 Å². The lowest BCUT2D eigenvalue weighted by molar-refractivity contribution is 0.301. The first kappa shape index (κ1) is 16.0. The summed E-state index contributed by atoms with van der Waals surface area (Å²) in [5.41, 5.74) is 2.48. The zero-order chi connectivity index (χ0) is 15.2. The van der Waals surface area contributed by atoms with Crippen molar-refractivity contribution in [3.05, 3.63) is 45.4 Å². The van der Waals surface area contributed by atoms with Crippen LogP contribution in [0, 0.1) is 6.92 Å². The zero-order valence-corrected chi connectivity index (χ0v) is 14.1. The van der Waals surface area contributed by atoms with Crippen LogP contribution in [0.15, 0.2) is 24.4 Å². The van der Waals surface area contributed by atoms with E-state index in [2.05, 4.69) is 56.2 Å². The number of aryl methyl sites for hydroxylation is 1. The topological polar surface area (TPSA) is 34.2 Å². The predicted octanol–water partition coefficient (Wildman–Crippen LogP) is 4.26. The molecule has 1 heterocycles. The Morgan fingerprint density at radius 3 is 2.86 bits per heavy atom. The molecular weight excluding hydrogens is 280 g/mol. The Labute approximate surface area is 131 Å². The maximum Gasteiger partial charge on any atom is 0.140 e. The molecule has 2 rings (SSSR count). The van der Waals surface area contributed by atoms with Gasteiger partial charge in [-0.1, -0.05) is 32.9 Å². The fraction of sp³-hybridized carbons (Fsp3) is 0.471. The van der Waals surface area contributed by atoms with Gasteiger partial charge in [0.2, 0.25) is 0 Å². The van der Waals surface area contributed by atoms with E-state index in [1.54, 1.807) is 11.3 Å². The van der Waals surface area contributed by atoms with Gasteiger partial charge >= 0.3 is 0 Å². The first-order valence-corrected chi connectivity index (χ1v) is 8.29. The molecule has 0 unspecified atom stereocenters. The summed E-state index contributed by atoms with van der Waals surface area (Å²) in [5, 5.41) is 4.34. The molecule has 0 radical (unpaired) electrons. The highest BCUT2D eigenvalue weighted by molar-refractivity contribution is 7.11. The molecule has 0 saturated heterocycles. The molecule has 1 aromatic heterocycles. The number of nitrogens with one attached hydrogen (secondary N) is 1. The van der Waals surface area contributed by atoms with Gasteiger partial charge in [0.05, 0.1) is 0 Å². The zero-order valence-electron chi connectivity index (χ0n) is 13.3. The van der Waals surface area contributed by atoms with Crippen molar-refractivity contribution < 1.29 is 4.74 Å². The Hall–Kier alpha value is -1.39. The van der Waals surface area contributed by atoms with Gasteiger partial charge < -0.3 is 10.1 Å². The lowest BCUT2D eigenvalue weighted by Crippen LogP contribution is -2.10. The van der Waals surface area contributed by atoms with Crippen LogP contribution in [-0.4, -0.2) is 11.5 Å². The van der Waals surface area contributed by atoms with Crippen molar-refractivity contribution in [3.63, 3.8) is 0 Å². The van der Waals surface area contributed by atoms with E-state index in [-0.39, 0.29) is 0 Å². The molecule has 0 aliphatic carbocycles. The van der Waals surface area contributed by atoms with Gasteiger partial charge in [-0.2, -0.15) is 0 Å². The largest absolute Gasteiger partial charge is 0.486 e. The predicted molar refractivity (Wildman–Crippen MR) is 89.1 cm³/mol. The normalized spacial score (nSPS) is 11.1. The fourth-order valence-corrected chi connectivity index (χ4v) is 2.93. The number of ether oxygens (including phenoxy) is 1. The summed E-state index contributed by atoms with van der Waals surface area (Å²) in [5.74, 6) is 1.44. The second kappa shape index (κ2) is 7.57. The molecule has 0 atom stereocenters. The van der Waals surface area contributed by atoms with E-state index in [1.165, 1.54) is 16.0 Å². The molecule has 3 nitrogen and oxygen atoms in total. The molecule has 1 N–H and O–H groups in total. The third-order valence-electron chi connectivity index (χ3n) is 3.29. The quantitative estimate of drug-likeness (QED) is 0.829. The van der Waals surface area contributed by atoms with E-state index in [0.29, 0.717) is 12.5 Å². The molecule has 0 amide bonds. The first-order valence-electron chi connectivity index (χ1n) is 7.47. The van der Waals surface area contributed by atoms with E-state index >= 15 is 0 Å². The van der Waals surface area contributed by atoms with Crippen LogP contribution in [0.3, 0.4) is 0 Å². The van der Waals surface area contributed by atoms with Crippen molar-refractivity contribution >= 4 is 11.3 Å². The summed E-state index contributed by atoms with van der Waals surface area (Å²) < 4.78 is 6.01. The summed E-state index contributed by atoms with van der Waals surface area (Å²) in [6.07, 6.45) is 1.94. The Bertz CT molecular complexity index is 578. The average molecular weight is 304 g/mol. The lowest BCUT2D eigenvalue weighted by Gasteiger charge is -2.14. The number of nitrogens with zero attached hydrogens (tertiary/aromatic N) is 1. The van der Waals surface area contributed by atoms with E-state index < -0.39 is 0 Å². The SMILES string of the molecule is CCNCc1cnc(COc2cc(C)ccc2C(C)C)s1. The van der Waals surface area contributed by atoms with Crippen LogP contribution in [0.5, 0.6) is 5.75 Å². The van der Waals surface area contributed by atoms with Crippen molar-refractivity contribution in [3.8, 4) is 5.75 Å². The third kappa shape index (κ3) is 4.55. The maximum atomic E-state index is 6.01. The number of aromatic nitrogens is 1. The molecule has 0 aliphatic heterocycles. The summed E-state index contributed by atoms with van der Waals surface area (Å²) >= 11 is 1.71. The van der Waals surface area contributed by atoms with E-state index in [9.17, 15) is 0 Å². The van der Waals surface area contributed by atoms with Crippen molar-refractivity contribution in [1.29, 1.82) is 0 Å². The number of rotatable bonds is 7. The average Bonchev–Trinajstić information content (AvgIpc) is 2.90. The van der Waals surface area contributed by atoms with Crippen LogP contribution in [0.25, 0.3) is 0 Å². The van der Waals surface area contributed by atoms with E-state index in [0.717, 1.165) is 23.8 Å². The molecule has 21 heavy (non-hydrogen) atoms. The van der Waals surface area contributed by atoms with Crippen LogP contribution in [-0.2, 0) is 13.2 Å². The number of hydrogen-bond acceptors (Lipinski definition) is 4. The summed E-state index contributed by atoms with van der Waals surface area (Å²) in [6, 6.07) is 6.41. The Morgan fingerprint density at radius 2 is 2.14 bits per heavy atom. The molecule has 0 saturated carbocycles. The van der Waals surface area contributed by atoms with Crippen molar-refractivity contribution in [2.45, 2.75) is 46.8 Å². The van der Waals surface area contributed by atoms with E-state index in [1.807, 2.05) is 6.20 Å². The van der Waals surface area contributed by atoms with Crippen molar-refractivity contribution in [2.75, 3.05) is 6.54 Å². The minimum Gasteiger partial charge on any atom is -0.486 e. The molecule has 2 aromatic rings. The second-order valence-corrected chi connectivity index (χ2v) is 6.69. The van der Waals surface area contributed by atoms with Gasteiger partial charge in [-0.15, -0.1) is 11.3 Å². The number of benzene rings is 1. The summed E-state index contributed by atoms with van der Waals surface area (Å²) in [6.45, 7) is 11.0. The van der Waals surface area contributed by atoms with Crippen LogP contribution >= 0.6 is 11.3 Å². The Kier molecular flexibility index (Phi) is 5.76. The maximum absolute atomic E-state index is 6.01. The second-order valence-electron chi connectivity index (χ2n) is 5.49. The highest BCUT2D eigenvalue weighted by Crippen LogP contribution is 2.28. The number of hydrogen-bond donors (Lipinski definition) is 1. The Balaban J connectivity index is 2.02. The fourth-order valence-electron chi connectivity index (χ4n) is 2.13. The van der Waals surface area contributed by atoms with Crippen LogP contribution in [0.2, 0.25) is 0 Å². The van der Waals surface area contributed by atoms with Crippen LogP contribution in [0.1, 0.15) is 47.7 Å². The molecule has 4 heteroatoms. The molecule has 1 aromatic carbocycles. The highest BCUT2D eigenvalue weighted by Gasteiger charge is 2.09. The lowest BCUT2D eigenvalue weighted by atomic mass is 10.0. The van der Waals surface area contributed by atoms with Gasteiger partial charge in [-0.3, -0.25) is 0 Å². The smallest absolute Gasteiger partial charge is 0.140 e. The van der Waals surface area contributed by atoms with Gasteiger partial charge in [0.25, 0.3) is 0 Å². The molecular formula is C17H24N2OS. The first-order chi connectivity index (χ1) is 10.1. The molecule has 0 fully saturated rings. The summed E-state index contributed by atoms with van der Waals surface area (Å²) in [7, 11) is 0. The van der Waals surface area contributed by atoms with Gasteiger partial charge in [0, 0.05) is 17.6 Å².